The lowest BCUT2D eigenvalue weighted by atomic mass is 9.76. The Hall–Kier alpha value is -0.830. The Balaban J connectivity index is 2.35. The minimum Gasteiger partial charge on any atom is -0.330 e. The van der Waals surface area contributed by atoms with Crippen LogP contribution in [0.2, 0.25) is 0 Å². The maximum absolute atomic E-state index is 5.61. The molecule has 1 aromatic rings. The molecular formula is C12H21N3. The molecule has 84 valence electrons. The van der Waals surface area contributed by atoms with Crippen molar-refractivity contribution < 1.29 is 0 Å². The number of hydrogen-bond donors (Lipinski definition) is 1. The summed E-state index contributed by atoms with van der Waals surface area (Å²) in [5.41, 5.74) is 10.2. The third-order valence-electron chi connectivity index (χ3n) is 3.44. The highest BCUT2D eigenvalue weighted by Gasteiger charge is 2.29. The van der Waals surface area contributed by atoms with E-state index in [1.807, 2.05) is 0 Å². The predicted octanol–water partition coefficient (Wildman–Crippen LogP) is 1.44. The van der Waals surface area contributed by atoms with Gasteiger partial charge in [-0.3, -0.25) is 4.68 Å². The number of aryl methyl sites for hydroxylation is 1. The Bertz CT molecular complexity index is 363. The average molecular weight is 207 g/mol. The molecule has 2 N–H and O–H groups in total. The Labute approximate surface area is 91.7 Å². The first kappa shape index (κ1) is 10.7. The monoisotopic (exact) mass is 207 g/mol. The molecule has 3 nitrogen and oxygen atoms in total. The lowest BCUT2D eigenvalue weighted by Gasteiger charge is -2.29. The second kappa shape index (κ2) is 3.63. The largest absolute Gasteiger partial charge is 0.330 e. The van der Waals surface area contributed by atoms with E-state index in [4.69, 9.17) is 5.73 Å². The summed E-state index contributed by atoms with van der Waals surface area (Å²) < 4.78 is 2.06. The third-order valence-corrected chi connectivity index (χ3v) is 3.44. The molecule has 0 spiro atoms. The zero-order valence-corrected chi connectivity index (χ0v) is 10.0. The summed E-state index contributed by atoms with van der Waals surface area (Å²) in [4.78, 5) is 0. The Kier molecular flexibility index (Phi) is 2.59. The van der Waals surface area contributed by atoms with E-state index in [-0.39, 0.29) is 0 Å². The first-order chi connectivity index (χ1) is 7.03. The molecule has 0 atom stereocenters. The molecule has 0 saturated carbocycles. The van der Waals surface area contributed by atoms with Gasteiger partial charge in [0, 0.05) is 19.2 Å². The van der Waals surface area contributed by atoms with E-state index in [0.29, 0.717) is 12.0 Å². The Morgan fingerprint density at radius 3 is 2.87 bits per heavy atom. The number of fused-ring (bicyclic) bond motifs is 1. The summed E-state index contributed by atoms with van der Waals surface area (Å²) in [6.45, 7) is 5.38. The predicted molar refractivity (Wildman–Crippen MR) is 61.8 cm³/mol. The van der Waals surface area contributed by atoms with Crippen molar-refractivity contribution in [1.82, 2.24) is 9.78 Å². The Morgan fingerprint density at radius 1 is 1.47 bits per heavy atom. The molecule has 1 aromatic heterocycles. The molecule has 2 rings (SSSR count). The van der Waals surface area contributed by atoms with Gasteiger partial charge in [0.05, 0.1) is 5.69 Å². The summed E-state index contributed by atoms with van der Waals surface area (Å²) in [5, 5.41) is 4.58. The summed E-state index contributed by atoms with van der Waals surface area (Å²) in [5.74, 6) is 0. The SMILES string of the molecule is Cn1nc(CCN)c2c1CC(C)(C)CC2. The van der Waals surface area contributed by atoms with Crippen molar-refractivity contribution >= 4 is 0 Å². The zero-order chi connectivity index (χ0) is 11.1. The molecule has 0 radical (unpaired) electrons. The highest BCUT2D eigenvalue weighted by atomic mass is 15.3. The van der Waals surface area contributed by atoms with Gasteiger partial charge in [-0.1, -0.05) is 13.8 Å². The van der Waals surface area contributed by atoms with Crippen molar-refractivity contribution in [3.05, 3.63) is 17.0 Å². The van der Waals surface area contributed by atoms with Crippen molar-refractivity contribution in [2.45, 2.75) is 39.5 Å². The van der Waals surface area contributed by atoms with Crippen LogP contribution in [-0.2, 0) is 26.3 Å². The van der Waals surface area contributed by atoms with Crippen molar-refractivity contribution in [3.63, 3.8) is 0 Å². The molecule has 15 heavy (non-hydrogen) atoms. The van der Waals surface area contributed by atoms with Gasteiger partial charge in [-0.25, -0.2) is 0 Å². The zero-order valence-electron chi connectivity index (χ0n) is 10.0. The second-order valence-corrected chi connectivity index (χ2v) is 5.38. The molecule has 0 fully saturated rings. The van der Waals surface area contributed by atoms with Crippen LogP contribution in [0.3, 0.4) is 0 Å². The maximum Gasteiger partial charge on any atom is 0.0671 e. The molecule has 1 aliphatic rings. The average Bonchev–Trinajstić information content (AvgIpc) is 2.42. The van der Waals surface area contributed by atoms with Gasteiger partial charge in [0.1, 0.15) is 0 Å². The van der Waals surface area contributed by atoms with E-state index in [2.05, 4.69) is 30.7 Å². The second-order valence-electron chi connectivity index (χ2n) is 5.38. The van der Waals surface area contributed by atoms with Crippen LogP contribution in [0.5, 0.6) is 0 Å². The maximum atomic E-state index is 5.61. The third kappa shape index (κ3) is 1.93. The van der Waals surface area contributed by atoms with Crippen molar-refractivity contribution in [2.24, 2.45) is 18.2 Å². The molecule has 0 unspecified atom stereocenters. The molecule has 0 aromatic carbocycles. The van der Waals surface area contributed by atoms with Crippen LogP contribution in [0.25, 0.3) is 0 Å². The molecule has 0 bridgehead atoms. The summed E-state index contributed by atoms with van der Waals surface area (Å²) in [6.07, 6.45) is 4.51. The van der Waals surface area contributed by atoms with Crippen LogP contribution in [0.15, 0.2) is 0 Å². The first-order valence-electron chi connectivity index (χ1n) is 5.77. The fraction of sp³-hybridized carbons (Fsp3) is 0.750. The van der Waals surface area contributed by atoms with Gasteiger partial charge in [0.15, 0.2) is 0 Å². The van der Waals surface area contributed by atoms with Gasteiger partial charge in [-0.05, 0) is 36.8 Å². The van der Waals surface area contributed by atoms with E-state index in [1.54, 1.807) is 0 Å². The quantitative estimate of drug-likeness (QED) is 0.797. The number of hydrogen-bond acceptors (Lipinski definition) is 2. The van der Waals surface area contributed by atoms with Crippen LogP contribution < -0.4 is 5.73 Å². The van der Waals surface area contributed by atoms with Gasteiger partial charge in [-0.2, -0.15) is 5.10 Å². The molecule has 0 saturated heterocycles. The molecule has 0 amide bonds. The lowest BCUT2D eigenvalue weighted by Crippen LogP contribution is -2.23. The Morgan fingerprint density at radius 2 is 2.20 bits per heavy atom. The van der Waals surface area contributed by atoms with Crippen LogP contribution in [0.1, 0.15) is 37.2 Å². The van der Waals surface area contributed by atoms with Crippen molar-refractivity contribution in [1.29, 1.82) is 0 Å². The summed E-state index contributed by atoms with van der Waals surface area (Å²) in [7, 11) is 2.06. The first-order valence-corrected chi connectivity index (χ1v) is 5.77. The van der Waals surface area contributed by atoms with Crippen LogP contribution in [0.4, 0.5) is 0 Å². The number of rotatable bonds is 2. The summed E-state index contributed by atoms with van der Waals surface area (Å²) >= 11 is 0. The van der Waals surface area contributed by atoms with Gasteiger partial charge in [0.25, 0.3) is 0 Å². The highest BCUT2D eigenvalue weighted by Crippen LogP contribution is 2.35. The van der Waals surface area contributed by atoms with Crippen molar-refractivity contribution in [3.8, 4) is 0 Å². The minimum atomic E-state index is 0.431. The number of aromatic nitrogens is 2. The molecule has 0 aliphatic heterocycles. The van der Waals surface area contributed by atoms with Gasteiger partial charge in [-0.15, -0.1) is 0 Å². The lowest BCUT2D eigenvalue weighted by molar-refractivity contribution is 0.306. The fourth-order valence-electron chi connectivity index (χ4n) is 2.52. The number of nitrogens with zero attached hydrogens (tertiary/aromatic N) is 2. The highest BCUT2D eigenvalue weighted by molar-refractivity contribution is 5.30. The van der Waals surface area contributed by atoms with Crippen LogP contribution >= 0.6 is 0 Å². The van der Waals surface area contributed by atoms with E-state index >= 15 is 0 Å². The van der Waals surface area contributed by atoms with Crippen LogP contribution in [-0.4, -0.2) is 16.3 Å². The molecule has 3 heteroatoms. The normalized spacial score (nSPS) is 18.9. The molecule has 1 heterocycles. The van der Waals surface area contributed by atoms with Gasteiger partial charge < -0.3 is 5.73 Å². The van der Waals surface area contributed by atoms with E-state index < -0.39 is 0 Å². The van der Waals surface area contributed by atoms with E-state index in [0.717, 1.165) is 12.8 Å². The smallest absolute Gasteiger partial charge is 0.0671 e. The van der Waals surface area contributed by atoms with Crippen molar-refractivity contribution in [2.75, 3.05) is 6.54 Å². The molecule has 1 aliphatic carbocycles. The van der Waals surface area contributed by atoms with Crippen LogP contribution in [0, 0.1) is 5.41 Å². The fourth-order valence-corrected chi connectivity index (χ4v) is 2.52. The number of nitrogens with two attached hydrogens (primary N) is 1. The summed E-state index contributed by atoms with van der Waals surface area (Å²) in [6, 6.07) is 0. The van der Waals surface area contributed by atoms with Gasteiger partial charge in [0.2, 0.25) is 0 Å². The minimum absolute atomic E-state index is 0.431. The van der Waals surface area contributed by atoms with E-state index in [9.17, 15) is 0 Å². The standard InChI is InChI=1S/C12H21N3/c1-12(2)6-4-9-10(5-7-13)14-15(3)11(9)8-12/h4-8,13H2,1-3H3. The van der Waals surface area contributed by atoms with Gasteiger partial charge >= 0.3 is 0 Å². The molecular weight excluding hydrogens is 186 g/mol. The topological polar surface area (TPSA) is 43.8 Å². The van der Waals surface area contributed by atoms with E-state index in [1.165, 1.54) is 29.8 Å².